The molecular formula is C5H13N5. The van der Waals surface area contributed by atoms with E-state index in [0.717, 1.165) is 18.8 Å². The number of rotatable bonds is 1. The van der Waals surface area contributed by atoms with Gasteiger partial charge in [-0.25, -0.2) is 0 Å². The third-order valence-electron chi connectivity index (χ3n) is 1.73. The van der Waals surface area contributed by atoms with Gasteiger partial charge in [0.1, 0.15) is 0 Å². The monoisotopic (exact) mass is 143 g/mol. The topological polar surface area (TPSA) is 66.5 Å². The van der Waals surface area contributed by atoms with Gasteiger partial charge in [-0.15, -0.1) is 10.2 Å². The van der Waals surface area contributed by atoms with Gasteiger partial charge in [0.2, 0.25) is 0 Å². The summed E-state index contributed by atoms with van der Waals surface area (Å²) >= 11 is 0. The molecule has 0 unspecified atom stereocenters. The number of nitrogens with one attached hydrogen (secondary N) is 2. The van der Waals surface area contributed by atoms with Gasteiger partial charge in [0, 0.05) is 2.85 Å². The van der Waals surface area contributed by atoms with Crippen molar-refractivity contribution in [2.75, 3.05) is 6.54 Å². The van der Waals surface area contributed by atoms with Crippen LogP contribution in [0.4, 0.5) is 0 Å². The second-order valence-electron chi connectivity index (χ2n) is 2.42. The maximum absolute atomic E-state index is 3.89. The Kier molecular flexibility index (Phi) is 1.35. The summed E-state index contributed by atoms with van der Waals surface area (Å²) in [6.45, 7) is 1.07. The summed E-state index contributed by atoms with van der Waals surface area (Å²) in [6.07, 6.45) is 2.33. The normalized spacial score (nSPS) is 25.4. The molecule has 1 aromatic rings. The van der Waals surface area contributed by atoms with E-state index < -0.39 is 0 Å². The van der Waals surface area contributed by atoms with Crippen molar-refractivity contribution in [1.82, 2.24) is 25.9 Å². The van der Waals surface area contributed by atoms with Crippen LogP contribution in [0.1, 0.15) is 27.6 Å². The Balaban J connectivity index is 0.000000605. The van der Waals surface area contributed by atoms with E-state index in [0.29, 0.717) is 6.04 Å². The number of tetrazole rings is 1. The Morgan fingerprint density at radius 1 is 1.60 bits per heavy atom. The van der Waals surface area contributed by atoms with Crippen molar-refractivity contribution in [3.05, 3.63) is 5.82 Å². The molecule has 5 heteroatoms. The molecule has 1 aliphatic rings. The highest BCUT2D eigenvalue weighted by Gasteiger charge is 2.19. The van der Waals surface area contributed by atoms with Crippen LogP contribution in [-0.4, -0.2) is 27.2 Å². The molecule has 58 valence electrons. The third-order valence-corrected chi connectivity index (χ3v) is 1.73. The smallest absolute Gasteiger partial charge is 0.191 e. The lowest BCUT2D eigenvalue weighted by Crippen LogP contribution is -2.14. The quantitative estimate of drug-likeness (QED) is 0.586. The van der Waals surface area contributed by atoms with E-state index in [-0.39, 0.29) is 2.85 Å². The largest absolute Gasteiger partial charge is 0.307 e. The van der Waals surface area contributed by atoms with E-state index >= 15 is 0 Å². The van der Waals surface area contributed by atoms with Gasteiger partial charge in [0.05, 0.1) is 6.04 Å². The minimum Gasteiger partial charge on any atom is -0.307 e. The van der Waals surface area contributed by atoms with E-state index in [2.05, 4.69) is 25.9 Å². The van der Waals surface area contributed by atoms with Crippen LogP contribution in [0.5, 0.6) is 0 Å². The number of nitrogens with zero attached hydrogens (tertiary/aromatic N) is 3. The minimum absolute atomic E-state index is 0. The van der Waals surface area contributed by atoms with Crippen LogP contribution in [0.3, 0.4) is 0 Å². The second kappa shape index (κ2) is 2.34. The van der Waals surface area contributed by atoms with Gasteiger partial charge in [-0.2, -0.15) is 5.21 Å². The highest BCUT2D eigenvalue weighted by atomic mass is 15.5. The van der Waals surface area contributed by atoms with Crippen molar-refractivity contribution < 1.29 is 2.85 Å². The van der Waals surface area contributed by atoms with Crippen LogP contribution in [-0.2, 0) is 0 Å². The average molecular weight is 143 g/mol. The summed E-state index contributed by atoms with van der Waals surface area (Å²) in [5.74, 6) is 0.789. The summed E-state index contributed by atoms with van der Waals surface area (Å²) < 4.78 is 0. The fourth-order valence-electron chi connectivity index (χ4n) is 1.22. The van der Waals surface area contributed by atoms with Gasteiger partial charge in [-0.3, -0.25) is 0 Å². The van der Waals surface area contributed by atoms with E-state index in [1.807, 2.05) is 0 Å². The summed E-state index contributed by atoms with van der Waals surface area (Å²) in [5.41, 5.74) is 0. The van der Waals surface area contributed by atoms with Crippen LogP contribution in [0.2, 0.25) is 0 Å². The van der Waals surface area contributed by atoms with Gasteiger partial charge in [0.15, 0.2) is 5.82 Å². The summed E-state index contributed by atoms with van der Waals surface area (Å²) in [5, 5.41) is 17.0. The average Bonchev–Trinajstić information content (AvgIpc) is 2.59. The first-order chi connectivity index (χ1) is 4.97. The molecule has 0 aliphatic carbocycles. The molecule has 0 aromatic carbocycles. The standard InChI is InChI=1S/C5H9N5.2H2/c1-2-4(6-3-1)5-7-9-10-8-5;;/h4,6H,1-3H2,(H,7,8,9,10);2*1H/t4-;;/m0../s1. The van der Waals surface area contributed by atoms with Crippen LogP contribution in [0, 0.1) is 0 Å². The van der Waals surface area contributed by atoms with Gasteiger partial charge >= 0.3 is 0 Å². The first-order valence-corrected chi connectivity index (χ1v) is 3.43. The zero-order chi connectivity index (χ0) is 6.81. The Morgan fingerprint density at radius 2 is 2.60 bits per heavy atom. The number of aromatic amines is 1. The molecule has 0 spiro atoms. The highest BCUT2D eigenvalue weighted by Crippen LogP contribution is 2.17. The first-order valence-electron chi connectivity index (χ1n) is 3.43. The molecular weight excluding hydrogens is 130 g/mol. The molecule has 0 bridgehead atoms. The van der Waals surface area contributed by atoms with E-state index in [9.17, 15) is 0 Å². The summed E-state index contributed by atoms with van der Waals surface area (Å²) in [4.78, 5) is 0. The van der Waals surface area contributed by atoms with Crippen LogP contribution < -0.4 is 5.32 Å². The molecule has 2 heterocycles. The lowest BCUT2D eigenvalue weighted by Gasteiger charge is -2.00. The molecule has 0 saturated carbocycles. The molecule has 0 amide bonds. The third kappa shape index (κ3) is 0.881. The van der Waals surface area contributed by atoms with Crippen LogP contribution >= 0.6 is 0 Å². The summed E-state index contributed by atoms with van der Waals surface area (Å²) in [6, 6.07) is 0.332. The Labute approximate surface area is 61.2 Å². The number of hydrogen-bond donors (Lipinski definition) is 2. The van der Waals surface area contributed by atoms with Gasteiger partial charge in [-0.05, 0) is 19.4 Å². The van der Waals surface area contributed by atoms with Crippen molar-refractivity contribution in [1.29, 1.82) is 0 Å². The molecule has 0 radical (unpaired) electrons. The molecule has 1 atom stereocenters. The van der Waals surface area contributed by atoms with E-state index in [1.165, 1.54) is 6.42 Å². The maximum atomic E-state index is 3.89. The van der Waals surface area contributed by atoms with Crippen molar-refractivity contribution in [3.8, 4) is 0 Å². The zero-order valence-electron chi connectivity index (χ0n) is 5.54. The lowest BCUT2D eigenvalue weighted by atomic mass is 10.2. The molecule has 1 aromatic heterocycles. The lowest BCUT2D eigenvalue weighted by molar-refractivity contribution is 0.606. The fourth-order valence-corrected chi connectivity index (χ4v) is 1.22. The molecule has 2 rings (SSSR count). The molecule has 5 nitrogen and oxygen atoms in total. The highest BCUT2D eigenvalue weighted by molar-refractivity contribution is 4.91. The summed E-state index contributed by atoms with van der Waals surface area (Å²) in [7, 11) is 0. The predicted molar refractivity (Wildman–Crippen MR) is 38.4 cm³/mol. The van der Waals surface area contributed by atoms with Crippen molar-refractivity contribution in [3.63, 3.8) is 0 Å². The van der Waals surface area contributed by atoms with E-state index in [4.69, 9.17) is 0 Å². The Hall–Kier alpha value is -0.970. The van der Waals surface area contributed by atoms with Gasteiger partial charge < -0.3 is 5.32 Å². The fraction of sp³-hybridized carbons (Fsp3) is 0.800. The van der Waals surface area contributed by atoms with Crippen LogP contribution in [0.25, 0.3) is 0 Å². The second-order valence-corrected chi connectivity index (χ2v) is 2.42. The molecule has 1 fully saturated rings. The zero-order valence-corrected chi connectivity index (χ0v) is 5.54. The van der Waals surface area contributed by atoms with Gasteiger partial charge in [-0.1, -0.05) is 5.21 Å². The molecule has 1 aliphatic heterocycles. The number of H-pyrrole nitrogens is 1. The SMILES string of the molecule is C1CN[C@H](c2nn[nH]n2)C1.[HH].[HH]. The Morgan fingerprint density at radius 3 is 3.20 bits per heavy atom. The van der Waals surface area contributed by atoms with E-state index in [1.54, 1.807) is 0 Å². The number of aromatic nitrogens is 4. The predicted octanol–water partition coefficient (Wildman–Crippen LogP) is 0.116. The molecule has 2 N–H and O–H groups in total. The molecule has 10 heavy (non-hydrogen) atoms. The number of hydrogen-bond acceptors (Lipinski definition) is 4. The Bertz CT molecular complexity index is 196. The first kappa shape index (κ1) is 5.79. The maximum Gasteiger partial charge on any atom is 0.191 e. The molecule has 1 saturated heterocycles. The minimum atomic E-state index is 0. The van der Waals surface area contributed by atoms with Gasteiger partial charge in [0.25, 0.3) is 0 Å². The van der Waals surface area contributed by atoms with Crippen molar-refractivity contribution >= 4 is 0 Å². The van der Waals surface area contributed by atoms with Crippen molar-refractivity contribution in [2.24, 2.45) is 0 Å². The van der Waals surface area contributed by atoms with Crippen molar-refractivity contribution in [2.45, 2.75) is 18.9 Å². The van der Waals surface area contributed by atoms with Crippen LogP contribution in [0.15, 0.2) is 0 Å².